The van der Waals surface area contributed by atoms with Crippen molar-refractivity contribution in [2.24, 2.45) is 0 Å². The van der Waals surface area contributed by atoms with Crippen molar-refractivity contribution >= 4 is 11.6 Å². The zero-order valence-corrected chi connectivity index (χ0v) is 12.0. The average Bonchev–Trinajstić information content (AvgIpc) is 2.38. The number of aryl methyl sites for hydroxylation is 1. The molecule has 1 aromatic rings. The van der Waals surface area contributed by atoms with Crippen molar-refractivity contribution in [3.63, 3.8) is 0 Å². The highest BCUT2D eigenvalue weighted by Crippen LogP contribution is 2.24. The van der Waals surface area contributed by atoms with Crippen LogP contribution in [0.2, 0.25) is 0 Å². The molecule has 0 unspecified atom stereocenters. The summed E-state index contributed by atoms with van der Waals surface area (Å²) in [5, 5.41) is 12.4. The molecule has 19 heavy (non-hydrogen) atoms. The van der Waals surface area contributed by atoms with E-state index in [1.54, 1.807) is 12.1 Å². The normalized spacial score (nSPS) is 10.4. The smallest absolute Gasteiger partial charge is 0.224 e. The summed E-state index contributed by atoms with van der Waals surface area (Å²) in [5.74, 6) is 0.110. The lowest BCUT2D eigenvalue weighted by atomic mass is 10.1. The van der Waals surface area contributed by atoms with Gasteiger partial charge in [0.15, 0.2) is 0 Å². The number of rotatable bonds is 8. The lowest BCUT2D eigenvalue weighted by Gasteiger charge is -2.08. The van der Waals surface area contributed by atoms with E-state index in [0.29, 0.717) is 12.1 Å². The summed E-state index contributed by atoms with van der Waals surface area (Å²) in [7, 11) is 0. The van der Waals surface area contributed by atoms with Crippen molar-refractivity contribution in [2.45, 2.75) is 58.8 Å². The summed E-state index contributed by atoms with van der Waals surface area (Å²) in [6.07, 6.45) is 7.54. The van der Waals surface area contributed by atoms with Gasteiger partial charge in [0.25, 0.3) is 0 Å². The number of anilines is 1. The first-order chi connectivity index (χ1) is 9.13. The van der Waals surface area contributed by atoms with Gasteiger partial charge in [-0.05, 0) is 31.0 Å². The van der Waals surface area contributed by atoms with Crippen LogP contribution >= 0.6 is 0 Å². The number of amides is 1. The molecule has 106 valence electrons. The van der Waals surface area contributed by atoms with Gasteiger partial charge in [0.1, 0.15) is 5.75 Å². The van der Waals surface area contributed by atoms with Crippen molar-refractivity contribution in [3.8, 4) is 5.75 Å². The summed E-state index contributed by atoms with van der Waals surface area (Å²) in [4.78, 5) is 11.7. The molecule has 2 N–H and O–H groups in total. The lowest BCUT2D eigenvalue weighted by molar-refractivity contribution is -0.116. The zero-order valence-electron chi connectivity index (χ0n) is 12.0. The van der Waals surface area contributed by atoms with Crippen molar-refractivity contribution in [2.75, 3.05) is 5.32 Å². The number of unbranched alkanes of at least 4 members (excludes halogenated alkanes) is 5. The van der Waals surface area contributed by atoms with Crippen molar-refractivity contribution in [3.05, 3.63) is 23.8 Å². The molecular weight excluding hydrogens is 238 g/mol. The maximum Gasteiger partial charge on any atom is 0.224 e. The largest absolute Gasteiger partial charge is 0.506 e. The highest BCUT2D eigenvalue weighted by atomic mass is 16.3. The zero-order chi connectivity index (χ0) is 14.1. The second kappa shape index (κ2) is 8.57. The Morgan fingerprint density at radius 2 is 1.84 bits per heavy atom. The third-order valence-electron chi connectivity index (χ3n) is 3.18. The number of phenolic OH excluding ortho intramolecular Hbond substituents is 1. The Morgan fingerprint density at radius 3 is 2.58 bits per heavy atom. The Labute approximate surface area is 116 Å². The summed E-state index contributed by atoms with van der Waals surface area (Å²) < 4.78 is 0. The first-order valence-electron chi connectivity index (χ1n) is 7.23. The van der Waals surface area contributed by atoms with Gasteiger partial charge < -0.3 is 10.4 Å². The molecular formula is C16H25NO2. The standard InChI is InChI=1S/C16H25NO2/c1-3-4-5-6-7-8-9-16(19)17-14-12-13(2)10-11-15(14)18/h10-12,18H,3-9H2,1-2H3,(H,17,19). The highest BCUT2D eigenvalue weighted by molar-refractivity contribution is 5.92. The van der Waals surface area contributed by atoms with Crippen LogP contribution in [0.5, 0.6) is 5.75 Å². The minimum Gasteiger partial charge on any atom is -0.506 e. The maximum absolute atomic E-state index is 11.7. The second-order valence-electron chi connectivity index (χ2n) is 5.09. The fraction of sp³-hybridized carbons (Fsp3) is 0.562. The molecule has 0 spiro atoms. The van der Waals surface area contributed by atoms with Gasteiger partial charge >= 0.3 is 0 Å². The number of nitrogens with one attached hydrogen (secondary N) is 1. The second-order valence-corrected chi connectivity index (χ2v) is 5.09. The third kappa shape index (κ3) is 6.27. The topological polar surface area (TPSA) is 49.3 Å². The first-order valence-corrected chi connectivity index (χ1v) is 7.23. The van der Waals surface area contributed by atoms with Gasteiger partial charge in [-0.3, -0.25) is 4.79 Å². The third-order valence-corrected chi connectivity index (χ3v) is 3.18. The average molecular weight is 263 g/mol. The Balaban J connectivity index is 2.25. The number of carbonyl (C=O) groups is 1. The minimum atomic E-state index is -0.0172. The van der Waals surface area contributed by atoms with Crippen LogP contribution in [0.4, 0.5) is 5.69 Å². The number of hydrogen-bond acceptors (Lipinski definition) is 2. The SMILES string of the molecule is CCCCCCCCC(=O)Nc1cc(C)ccc1O. The molecule has 3 nitrogen and oxygen atoms in total. The molecule has 0 radical (unpaired) electrons. The number of phenols is 1. The predicted octanol–water partition coefficient (Wildman–Crippen LogP) is 4.39. The Hall–Kier alpha value is -1.51. The van der Waals surface area contributed by atoms with Crippen LogP contribution in [0.15, 0.2) is 18.2 Å². The van der Waals surface area contributed by atoms with E-state index in [1.165, 1.54) is 25.7 Å². The van der Waals surface area contributed by atoms with E-state index in [1.807, 2.05) is 13.0 Å². The summed E-state index contributed by atoms with van der Waals surface area (Å²) >= 11 is 0. The molecule has 0 heterocycles. The van der Waals surface area contributed by atoms with Gasteiger partial charge in [-0.2, -0.15) is 0 Å². The van der Waals surface area contributed by atoms with E-state index in [2.05, 4.69) is 12.2 Å². The molecule has 0 atom stereocenters. The first kappa shape index (κ1) is 15.5. The van der Waals surface area contributed by atoms with Crippen molar-refractivity contribution < 1.29 is 9.90 Å². The molecule has 0 fully saturated rings. The van der Waals surface area contributed by atoms with Crippen LogP contribution in [0.25, 0.3) is 0 Å². The van der Waals surface area contributed by atoms with E-state index in [-0.39, 0.29) is 11.7 Å². The molecule has 3 heteroatoms. The summed E-state index contributed by atoms with van der Waals surface area (Å²) in [5.41, 5.74) is 1.53. The van der Waals surface area contributed by atoms with Crippen LogP contribution in [0, 0.1) is 6.92 Å². The van der Waals surface area contributed by atoms with Crippen LogP contribution in [-0.2, 0) is 4.79 Å². The Bertz CT molecular complexity index is 402. The quantitative estimate of drug-likeness (QED) is 0.540. The Kier molecular flexibility index (Phi) is 7.01. The van der Waals surface area contributed by atoms with E-state index in [4.69, 9.17) is 0 Å². The van der Waals surface area contributed by atoms with Gasteiger partial charge in [0.2, 0.25) is 5.91 Å². The van der Waals surface area contributed by atoms with Gasteiger partial charge in [-0.1, -0.05) is 45.1 Å². The van der Waals surface area contributed by atoms with Gasteiger partial charge in [0, 0.05) is 6.42 Å². The minimum absolute atomic E-state index is 0.0172. The van der Waals surface area contributed by atoms with Crippen LogP contribution < -0.4 is 5.32 Å². The fourth-order valence-corrected chi connectivity index (χ4v) is 2.03. The fourth-order valence-electron chi connectivity index (χ4n) is 2.03. The lowest BCUT2D eigenvalue weighted by Crippen LogP contribution is -2.11. The van der Waals surface area contributed by atoms with E-state index >= 15 is 0 Å². The molecule has 0 aliphatic carbocycles. The summed E-state index contributed by atoms with van der Waals surface area (Å²) in [6.45, 7) is 4.13. The van der Waals surface area contributed by atoms with Gasteiger partial charge in [-0.15, -0.1) is 0 Å². The van der Waals surface area contributed by atoms with E-state index < -0.39 is 0 Å². The predicted molar refractivity (Wildman–Crippen MR) is 79.5 cm³/mol. The number of hydrogen-bond donors (Lipinski definition) is 2. The molecule has 1 amide bonds. The molecule has 0 aliphatic heterocycles. The Morgan fingerprint density at radius 1 is 1.16 bits per heavy atom. The summed E-state index contributed by atoms with van der Waals surface area (Å²) in [6, 6.07) is 5.21. The molecule has 1 aromatic carbocycles. The van der Waals surface area contributed by atoms with E-state index in [0.717, 1.165) is 18.4 Å². The number of carbonyl (C=O) groups excluding carboxylic acids is 1. The molecule has 0 saturated heterocycles. The van der Waals surface area contributed by atoms with Crippen molar-refractivity contribution in [1.29, 1.82) is 0 Å². The number of aromatic hydroxyl groups is 1. The molecule has 0 bridgehead atoms. The van der Waals surface area contributed by atoms with Crippen LogP contribution in [0.3, 0.4) is 0 Å². The van der Waals surface area contributed by atoms with Crippen molar-refractivity contribution in [1.82, 2.24) is 0 Å². The molecule has 0 aliphatic rings. The monoisotopic (exact) mass is 263 g/mol. The number of benzene rings is 1. The maximum atomic E-state index is 11.7. The van der Waals surface area contributed by atoms with Crippen LogP contribution in [-0.4, -0.2) is 11.0 Å². The van der Waals surface area contributed by atoms with Gasteiger partial charge in [0.05, 0.1) is 5.69 Å². The highest BCUT2D eigenvalue weighted by Gasteiger charge is 2.06. The molecule has 0 aromatic heterocycles. The molecule has 0 saturated carbocycles. The molecule has 1 rings (SSSR count). The van der Waals surface area contributed by atoms with E-state index in [9.17, 15) is 9.90 Å². The van der Waals surface area contributed by atoms with Gasteiger partial charge in [-0.25, -0.2) is 0 Å². The van der Waals surface area contributed by atoms with Crippen LogP contribution in [0.1, 0.15) is 57.4 Å².